The summed E-state index contributed by atoms with van der Waals surface area (Å²) in [5.41, 5.74) is 1.66. The van der Waals surface area contributed by atoms with Crippen LogP contribution in [-0.2, 0) is 14.0 Å². The number of halogens is 1. The molecule has 11 nitrogen and oxygen atoms in total. The first kappa shape index (κ1) is 30.7. The normalized spacial score (nSPS) is 12.6. The van der Waals surface area contributed by atoms with Gasteiger partial charge in [0.1, 0.15) is 29.4 Å². The van der Waals surface area contributed by atoms with Gasteiger partial charge >= 0.3 is 0 Å². The highest BCUT2D eigenvalue weighted by Crippen LogP contribution is 2.36. The summed E-state index contributed by atoms with van der Waals surface area (Å²) in [5.74, 6) is -0.548. The molecule has 3 heterocycles. The molecule has 1 amide bonds. The Morgan fingerprint density at radius 1 is 1.14 bits per heavy atom. The molecule has 0 aliphatic carbocycles. The number of nitrogens with zero attached hydrogens (tertiary/aromatic N) is 6. The SMILES string of the molecule is Cc1c(F)cccc1-n1ncc2c(O[C@@H](COCCO[Si](C)(C)C(C)(C)C)C(=O)Nc3ccc(C#N)cn3)ncnc21. The number of carbonyl (C=O) groups is 1. The number of fused-ring (bicyclic) bond motifs is 1. The zero-order chi connectivity index (χ0) is 30.5. The smallest absolute Gasteiger partial charge is 0.269 e. The Morgan fingerprint density at radius 3 is 2.62 bits per heavy atom. The number of nitriles is 1. The summed E-state index contributed by atoms with van der Waals surface area (Å²) in [6.45, 7) is 13.0. The Labute approximate surface area is 244 Å². The van der Waals surface area contributed by atoms with Gasteiger partial charge in [-0.25, -0.2) is 24.0 Å². The molecule has 0 saturated heterocycles. The third-order valence-electron chi connectivity index (χ3n) is 7.25. The van der Waals surface area contributed by atoms with Crippen LogP contribution in [0.4, 0.5) is 10.2 Å². The van der Waals surface area contributed by atoms with Gasteiger partial charge in [0, 0.05) is 11.8 Å². The zero-order valence-corrected chi connectivity index (χ0v) is 25.5. The van der Waals surface area contributed by atoms with E-state index < -0.39 is 20.3 Å². The molecule has 42 heavy (non-hydrogen) atoms. The van der Waals surface area contributed by atoms with Crippen LogP contribution < -0.4 is 10.1 Å². The van der Waals surface area contributed by atoms with Crippen LogP contribution in [-0.4, -0.2) is 64.9 Å². The second kappa shape index (κ2) is 12.7. The molecule has 1 aromatic carbocycles. The molecular weight excluding hydrogens is 557 g/mol. The molecule has 4 aromatic rings. The minimum absolute atomic E-state index is 0.0551. The number of hydrogen-bond acceptors (Lipinski definition) is 9. The Balaban J connectivity index is 1.54. The number of carbonyl (C=O) groups excluding carboxylic acids is 1. The number of nitrogens with one attached hydrogen (secondary N) is 1. The first-order valence-electron chi connectivity index (χ1n) is 13.4. The van der Waals surface area contributed by atoms with Crippen molar-refractivity contribution in [3.8, 4) is 17.6 Å². The van der Waals surface area contributed by atoms with E-state index in [1.54, 1.807) is 25.1 Å². The number of anilines is 1. The molecule has 220 valence electrons. The van der Waals surface area contributed by atoms with Crippen LogP contribution in [0.25, 0.3) is 16.7 Å². The molecule has 0 saturated carbocycles. The zero-order valence-electron chi connectivity index (χ0n) is 24.5. The van der Waals surface area contributed by atoms with E-state index in [9.17, 15) is 9.18 Å². The Morgan fingerprint density at radius 2 is 1.93 bits per heavy atom. The van der Waals surface area contributed by atoms with Gasteiger partial charge in [-0.15, -0.1) is 0 Å². The van der Waals surface area contributed by atoms with E-state index >= 15 is 0 Å². The number of aromatic nitrogens is 5. The van der Waals surface area contributed by atoms with E-state index in [1.807, 2.05) is 6.07 Å². The predicted molar refractivity (Wildman–Crippen MR) is 157 cm³/mol. The van der Waals surface area contributed by atoms with Crippen LogP contribution in [0.15, 0.2) is 49.1 Å². The van der Waals surface area contributed by atoms with Crippen LogP contribution in [0.2, 0.25) is 18.1 Å². The maximum absolute atomic E-state index is 14.2. The predicted octanol–water partition coefficient (Wildman–Crippen LogP) is 4.95. The molecule has 0 radical (unpaired) electrons. The number of pyridine rings is 1. The summed E-state index contributed by atoms with van der Waals surface area (Å²) in [6.07, 6.45) is 3.01. The maximum Gasteiger partial charge on any atom is 0.269 e. The fourth-order valence-corrected chi connectivity index (χ4v) is 4.75. The lowest BCUT2D eigenvalue weighted by Gasteiger charge is -2.36. The van der Waals surface area contributed by atoms with Gasteiger partial charge in [0.2, 0.25) is 12.0 Å². The number of benzene rings is 1. The molecular formula is C29H34FN7O4Si. The summed E-state index contributed by atoms with van der Waals surface area (Å²) in [5, 5.41) is 16.6. The number of amides is 1. The van der Waals surface area contributed by atoms with Crippen molar-refractivity contribution in [2.24, 2.45) is 0 Å². The number of rotatable bonds is 11. The third-order valence-corrected chi connectivity index (χ3v) is 11.8. The van der Waals surface area contributed by atoms with Crippen molar-refractivity contribution < 1.29 is 23.1 Å². The van der Waals surface area contributed by atoms with Gasteiger partial charge in [-0.2, -0.15) is 10.4 Å². The summed E-state index contributed by atoms with van der Waals surface area (Å²) in [4.78, 5) is 26.0. The van der Waals surface area contributed by atoms with Gasteiger partial charge in [-0.05, 0) is 49.3 Å². The van der Waals surface area contributed by atoms with Crippen LogP contribution in [0.5, 0.6) is 5.88 Å². The highest BCUT2D eigenvalue weighted by molar-refractivity contribution is 6.74. The van der Waals surface area contributed by atoms with E-state index in [0.29, 0.717) is 34.5 Å². The first-order chi connectivity index (χ1) is 19.9. The quantitative estimate of drug-likeness (QED) is 0.190. The Hall–Kier alpha value is -4.25. The van der Waals surface area contributed by atoms with Crippen molar-refractivity contribution >= 4 is 31.1 Å². The molecule has 0 aliphatic rings. The molecule has 3 aromatic heterocycles. The third kappa shape index (κ3) is 6.96. The largest absolute Gasteiger partial charge is 0.461 e. The molecule has 0 unspecified atom stereocenters. The minimum atomic E-state index is -1.96. The van der Waals surface area contributed by atoms with Crippen LogP contribution in [0, 0.1) is 24.1 Å². The molecule has 0 aliphatic heterocycles. The number of hydrogen-bond donors (Lipinski definition) is 1. The minimum Gasteiger partial charge on any atom is -0.461 e. The average Bonchev–Trinajstić information content (AvgIpc) is 3.38. The van der Waals surface area contributed by atoms with Gasteiger partial charge in [0.25, 0.3) is 5.91 Å². The molecule has 13 heteroatoms. The maximum atomic E-state index is 14.2. The van der Waals surface area contributed by atoms with Crippen molar-refractivity contribution in [3.63, 3.8) is 0 Å². The van der Waals surface area contributed by atoms with Gasteiger partial charge in [-0.1, -0.05) is 26.8 Å². The van der Waals surface area contributed by atoms with Crippen LogP contribution in [0.1, 0.15) is 31.9 Å². The summed E-state index contributed by atoms with van der Waals surface area (Å²) in [6, 6.07) is 9.75. The van der Waals surface area contributed by atoms with Crippen molar-refractivity contribution in [1.29, 1.82) is 5.26 Å². The Bertz CT molecular complexity index is 1600. The van der Waals surface area contributed by atoms with Crippen molar-refractivity contribution in [2.45, 2.75) is 51.9 Å². The van der Waals surface area contributed by atoms with Gasteiger partial charge in [0.15, 0.2) is 14.0 Å². The first-order valence-corrected chi connectivity index (χ1v) is 16.3. The molecule has 0 spiro atoms. The van der Waals surface area contributed by atoms with E-state index in [-0.39, 0.29) is 35.8 Å². The fraction of sp³-hybridized carbons (Fsp3) is 0.379. The van der Waals surface area contributed by atoms with Crippen molar-refractivity contribution in [1.82, 2.24) is 24.7 Å². The highest BCUT2D eigenvalue weighted by Gasteiger charge is 2.37. The lowest BCUT2D eigenvalue weighted by Crippen LogP contribution is -2.42. The lowest BCUT2D eigenvalue weighted by molar-refractivity contribution is -0.125. The van der Waals surface area contributed by atoms with E-state index in [0.717, 1.165) is 0 Å². The van der Waals surface area contributed by atoms with Crippen molar-refractivity contribution in [2.75, 3.05) is 25.1 Å². The molecule has 0 bridgehead atoms. The van der Waals surface area contributed by atoms with E-state index in [2.05, 4.69) is 59.2 Å². The van der Waals surface area contributed by atoms with Crippen molar-refractivity contribution in [3.05, 3.63) is 66.0 Å². The van der Waals surface area contributed by atoms with Gasteiger partial charge in [-0.3, -0.25) is 4.79 Å². The standard InChI is InChI=1S/C29H34FN7O4Si/c1-19-22(30)8-7-9-23(19)37-26-21(16-35-37)28(34-18-33-26)41-24(17-39-12-13-40-42(5,6)29(2,3)4)27(38)36-25-11-10-20(14-31)15-32-25/h7-11,15-16,18,24H,12-13,17H2,1-6H3,(H,32,36,38)/t24-/m0/s1. The highest BCUT2D eigenvalue weighted by atomic mass is 28.4. The average molecular weight is 592 g/mol. The van der Waals surface area contributed by atoms with Gasteiger partial charge in [0.05, 0.1) is 37.3 Å². The topological polar surface area (TPSA) is 137 Å². The van der Waals surface area contributed by atoms with E-state index in [1.165, 1.54) is 35.5 Å². The summed E-state index contributed by atoms with van der Waals surface area (Å²) < 4.78 is 33.8. The second-order valence-electron chi connectivity index (χ2n) is 11.2. The van der Waals surface area contributed by atoms with Crippen LogP contribution >= 0.6 is 0 Å². The summed E-state index contributed by atoms with van der Waals surface area (Å²) >= 11 is 0. The monoisotopic (exact) mass is 591 g/mol. The lowest BCUT2D eigenvalue weighted by atomic mass is 10.2. The van der Waals surface area contributed by atoms with Crippen LogP contribution in [0.3, 0.4) is 0 Å². The summed E-state index contributed by atoms with van der Waals surface area (Å²) in [7, 11) is -1.96. The second-order valence-corrected chi connectivity index (χ2v) is 16.0. The van der Waals surface area contributed by atoms with Gasteiger partial charge < -0.3 is 19.2 Å². The number of ether oxygens (including phenoxy) is 2. The molecule has 1 atom stereocenters. The van der Waals surface area contributed by atoms with E-state index in [4.69, 9.17) is 19.2 Å². The molecule has 0 fully saturated rings. The molecule has 4 rings (SSSR count). The fourth-order valence-electron chi connectivity index (χ4n) is 3.72. The Kier molecular flexibility index (Phi) is 9.30. The molecule has 1 N–H and O–H groups in total.